The second-order valence-electron chi connectivity index (χ2n) is 3.96. The Hall–Kier alpha value is -1.80. The lowest BCUT2D eigenvalue weighted by atomic mass is 10.4. The maximum absolute atomic E-state index is 10.7. The fraction of sp³-hybridized carbons (Fsp3) is 0.400. The van der Waals surface area contributed by atoms with Crippen LogP contribution in [0.4, 0.5) is 5.82 Å². The Morgan fingerprint density at radius 1 is 1.61 bits per heavy atom. The highest BCUT2D eigenvalue weighted by molar-refractivity contribution is 7.09. The Morgan fingerprint density at radius 3 is 3.00 bits per heavy atom. The summed E-state index contributed by atoms with van der Waals surface area (Å²) in [6.45, 7) is 2.95. The minimum Gasteiger partial charge on any atom is -0.358 e. The van der Waals surface area contributed by atoms with Gasteiger partial charge in [-0.05, 0) is 18.9 Å². The summed E-state index contributed by atoms with van der Waals surface area (Å²) in [5, 5.41) is 17.7. The van der Waals surface area contributed by atoms with Crippen LogP contribution in [-0.4, -0.2) is 31.6 Å². The molecule has 0 radical (unpaired) electrons. The maximum atomic E-state index is 10.7. The summed E-state index contributed by atoms with van der Waals surface area (Å²) < 4.78 is 1.36. The molecule has 0 aliphatic rings. The number of aryl methyl sites for hydroxylation is 1. The van der Waals surface area contributed by atoms with E-state index in [4.69, 9.17) is 0 Å². The summed E-state index contributed by atoms with van der Waals surface area (Å²) in [6, 6.07) is 1.39. The molecule has 0 aliphatic carbocycles. The molecule has 2 heterocycles. The molecule has 2 aromatic rings. The molecule has 0 amide bonds. The minimum absolute atomic E-state index is 0.00342. The second kappa shape index (κ2) is 5.23. The second-order valence-corrected chi connectivity index (χ2v) is 5.02. The molecule has 0 fully saturated rings. The first-order valence-electron chi connectivity index (χ1n) is 5.32. The van der Waals surface area contributed by atoms with Gasteiger partial charge in [0.1, 0.15) is 0 Å². The predicted octanol–water partition coefficient (Wildman–Crippen LogP) is 1.65. The Balaban J connectivity index is 2.00. The van der Waals surface area contributed by atoms with Gasteiger partial charge in [0.25, 0.3) is 0 Å². The van der Waals surface area contributed by atoms with Gasteiger partial charge in [-0.25, -0.2) is 4.98 Å². The lowest BCUT2D eigenvalue weighted by molar-refractivity contribution is -0.393. The van der Waals surface area contributed by atoms with Gasteiger partial charge >= 0.3 is 5.82 Å². The van der Waals surface area contributed by atoms with Gasteiger partial charge in [0.2, 0.25) is 0 Å². The molecule has 0 aliphatic heterocycles. The van der Waals surface area contributed by atoms with Crippen LogP contribution in [0.15, 0.2) is 17.6 Å². The number of thiazole rings is 1. The summed E-state index contributed by atoms with van der Waals surface area (Å²) in [6.07, 6.45) is 1.43. The smallest absolute Gasteiger partial charge is 0.346 e. The van der Waals surface area contributed by atoms with E-state index in [1.807, 2.05) is 24.3 Å². The molecule has 2 rings (SSSR count). The van der Waals surface area contributed by atoms with Crippen LogP contribution in [0.2, 0.25) is 0 Å². The zero-order valence-corrected chi connectivity index (χ0v) is 10.9. The monoisotopic (exact) mass is 267 g/mol. The van der Waals surface area contributed by atoms with Gasteiger partial charge in [-0.3, -0.25) is 4.90 Å². The minimum atomic E-state index is -0.437. The van der Waals surface area contributed by atoms with E-state index in [0.717, 1.165) is 10.7 Å². The number of aromatic nitrogens is 3. The van der Waals surface area contributed by atoms with Crippen LogP contribution >= 0.6 is 11.3 Å². The van der Waals surface area contributed by atoms with E-state index in [0.29, 0.717) is 13.2 Å². The fourth-order valence-corrected chi connectivity index (χ4v) is 2.23. The number of nitrogens with zero attached hydrogens (tertiary/aromatic N) is 5. The zero-order valence-electron chi connectivity index (χ0n) is 10.1. The van der Waals surface area contributed by atoms with Crippen molar-refractivity contribution in [3.8, 4) is 0 Å². The van der Waals surface area contributed by atoms with Crippen molar-refractivity contribution in [2.45, 2.75) is 20.1 Å². The molecule has 8 heteroatoms. The Morgan fingerprint density at radius 2 is 2.39 bits per heavy atom. The first kappa shape index (κ1) is 12.7. The van der Waals surface area contributed by atoms with Crippen LogP contribution in [-0.2, 0) is 13.2 Å². The molecule has 18 heavy (non-hydrogen) atoms. The van der Waals surface area contributed by atoms with Gasteiger partial charge in [0.15, 0.2) is 6.67 Å². The molecular formula is C10H13N5O2S. The summed E-state index contributed by atoms with van der Waals surface area (Å²) in [5.41, 5.74) is 0.967. The van der Waals surface area contributed by atoms with E-state index in [9.17, 15) is 10.1 Å². The SMILES string of the molecule is Cc1nc(CN(C)Cn2nccc2[N+](=O)[O-])cs1. The average molecular weight is 267 g/mol. The van der Waals surface area contributed by atoms with Crippen LogP contribution < -0.4 is 0 Å². The van der Waals surface area contributed by atoms with Crippen molar-refractivity contribution in [2.75, 3.05) is 7.05 Å². The molecule has 0 atom stereocenters. The van der Waals surface area contributed by atoms with Crippen LogP contribution in [0, 0.1) is 17.0 Å². The molecular weight excluding hydrogens is 254 g/mol. The molecule has 7 nitrogen and oxygen atoms in total. The number of hydrogen-bond acceptors (Lipinski definition) is 6. The highest BCUT2D eigenvalue weighted by Crippen LogP contribution is 2.12. The van der Waals surface area contributed by atoms with Gasteiger partial charge in [0.05, 0.1) is 23.0 Å². The zero-order chi connectivity index (χ0) is 13.1. The molecule has 0 spiro atoms. The molecule has 0 aromatic carbocycles. The van der Waals surface area contributed by atoms with Crippen molar-refractivity contribution in [3.05, 3.63) is 38.5 Å². The van der Waals surface area contributed by atoms with Gasteiger partial charge in [-0.2, -0.15) is 0 Å². The molecule has 0 bridgehead atoms. The van der Waals surface area contributed by atoms with Crippen molar-refractivity contribution in [1.29, 1.82) is 0 Å². The molecule has 96 valence electrons. The molecule has 2 aromatic heterocycles. The molecule has 0 saturated carbocycles. The Kier molecular flexibility index (Phi) is 3.68. The van der Waals surface area contributed by atoms with Gasteiger partial charge in [-0.1, -0.05) is 5.10 Å². The third kappa shape index (κ3) is 2.90. The maximum Gasteiger partial charge on any atom is 0.346 e. The van der Waals surface area contributed by atoms with Crippen molar-refractivity contribution in [3.63, 3.8) is 0 Å². The van der Waals surface area contributed by atoms with Crippen molar-refractivity contribution in [2.24, 2.45) is 0 Å². The highest BCUT2D eigenvalue weighted by Gasteiger charge is 2.15. The standard InChI is InChI=1S/C10H13N5O2S/c1-8-12-9(6-18-8)5-13(2)7-14-10(15(16)17)3-4-11-14/h3-4,6H,5,7H2,1-2H3. The first-order valence-corrected chi connectivity index (χ1v) is 6.20. The third-order valence-corrected chi connectivity index (χ3v) is 3.18. The van der Waals surface area contributed by atoms with Gasteiger partial charge in [0, 0.05) is 11.9 Å². The van der Waals surface area contributed by atoms with Crippen molar-refractivity contribution in [1.82, 2.24) is 19.7 Å². The topological polar surface area (TPSA) is 77.1 Å². The van der Waals surface area contributed by atoms with Crippen LogP contribution in [0.3, 0.4) is 0 Å². The number of nitro groups is 1. The first-order chi connectivity index (χ1) is 8.56. The average Bonchev–Trinajstić information content (AvgIpc) is 2.87. The van der Waals surface area contributed by atoms with Crippen molar-refractivity contribution < 1.29 is 4.92 Å². The largest absolute Gasteiger partial charge is 0.358 e. The fourth-order valence-electron chi connectivity index (χ4n) is 1.63. The van der Waals surface area contributed by atoms with E-state index < -0.39 is 4.92 Å². The van der Waals surface area contributed by atoms with E-state index in [1.165, 1.54) is 16.9 Å². The van der Waals surface area contributed by atoms with E-state index in [1.54, 1.807) is 11.3 Å². The Labute approximate surface area is 108 Å². The molecule has 0 N–H and O–H groups in total. The molecule has 0 saturated heterocycles. The van der Waals surface area contributed by atoms with Gasteiger partial charge < -0.3 is 10.1 Å². The van der Waals surface area contributed by atoms with E-state index in [2.05, 4.69) is 10.1 Å². The van der Waals surface area contributed by atoms with E-state index >= 15 is 0 Å². The van der Waals surface area contributed by atoms with Gasteiger partial charge in [-0.15, -0.1) is 16.0 Å². The quantitative estimate of drug-likeness (QED) is 0.608. The number of rotatable bonds is 5. The van der Waals surface area contributed by atoms with Crippen LogP contribution in [0.5, 0.6) is 0 Å². The third-order valence-electron chi connectivity index (χ3n) is 2.36. The lowest BCUT2D eigenvalue weighted by Crippen LogP contribution is -2.23. The lowest BCUT2D eigenvalue weighted by Gasteiger charge is -2.12. The van der Waals surface area contributed by atoms with Crippen molar-refractivity contribution >= 4 is 17.2 Å². The van der Waals surface area contributed by atoms with E-state index in [-0.39, 0.29) is 5.82 Å². The van der Waals surface area contributed by atoms with Crippen LogP contribution in [0.1, 0.15) is 10.7 Å². The molecule has 0 unspecified atom stereocenters. The summed E-state index contributed by atoms with van der Waals surface area (Å²) in [4.78, 5) is 16.6. The van der Waals surface area contributed by atoms with Crippen LogP contribution in [0.25, 0.3) is 0 Å². The highest BCUT2D eigenvalue weighted by atomic mass is 32.1. The Bertz CT molecular complexity index is 550. The predicted molar refractivity (Wildman–Crippen MR) is 67.2 cm³/mol. The normalized spacial score (nSPS) is 11.1. The summed E-state index contributed by atoms with van der Waals surface area (Å²) in [7, 11) is 1.88. The summed E-state index contributed by atoms with van der Waals surface area (Å²) >= 11 is 1.59. The summed E-state index contributed by atoms with van der Waals surface area (Å²) in [5.74, 6) is -0.00342. The number of hydrogen-bond donors (Lipinski definition) is 0.